The third kappa shape index (κ3) is 9.58. The van der Waals surface area contributed by atoms with E-state index in [4.69, 9.17) is 9.47 Å². The maximum Gasteiger partial charge on any atom is 0.333 e. The highest BCUT2D eigenvalue weighted by Crippen LogP contribution is 1.97. The van der Waals surface area contributed by atoms with Crippen LogP contribution in [-0.2, 0) is 28.6 Å². The zero-order valence-corrected chi connectivity index (χ0v) is 11.1. The molecule has 0 aromatic rings. The number of ether oxygens (including phenoxy) is 3. The van der Waals surface area contributed by atoms with Crippen molar-refractivity contribution in [2.75, 3.05) is 20.3 Å². The largest absolute Gasteiger partial charge is 0.466 e. The number of esters is 3. The van der Waals surface area contributed by atoms with Crippen molar-refractivity contribution in [3.8, 4) is 0 Å². The Labute approximate surface area is 112 Å². The first-order valence-corrected chi connectivity index (χ1v) is 5.72. The van der Waals surface area contributed by atoms with Crippen LogP contribution >= 0.6 is 0 Å². The molecule has 0 spiro atoms. The summed E-state index contributed by atoms with van der Waals surface area (Å²) in [5.74, 6) is -1.68. The molecule has 106 valence electrons. The average molecular weight is 270 g/mol. The minimum Gasteiger partial charge on any atom is -0.466 e. The predicted molar refractivity (Wildman–Crippen MR) is 67.1 cm³/mol. The maximum atomic E-state index is 11.1. The molecule has 0 aliphatic heterocycles. The van der Waals surface area contributed by atoms with E-state index in [1.165, 1.54) is 7.11 Å². The number of carbonyl (C=O) groups excluding carboxylic acids is 3. The monoisotopic (exact) mass is 270 g/mol. The van der Waals surface area contributed by atoms with Gasteiger partial charge in [-0.05, 0) is 19.8 Å². The molecule has 0 aromatic heterocycles. The highest BCUT2D eigenvalue weighted by atomic mass is 16.5. The summed E-state index contributed by atoms with van der Waals surface area (Å²) >= 11 is 0. The molecule has 0 bridgehead atoms. The van der Waals surface area contributed by atoms with Crippen LogP contribution in [0.1, 0.15) is 19.8 Å². The highest BCUT2D eigenvalue weighted by molar-refractivity contribution is 5.91. The van der Waals surface area contributed by atoms with Gasteiger partial charge >= 0.3 is 17.9 Å². The van der Waals surface area contributed by atoms with E-state index in [9.17, 15) is 14.4 Å². The van der Waals surface area contributed by atoms with Gasteiger partial charge in [-0.1, -0.05) is 6.58 Å². The molecule has 0 aliphatic carbocycles. The molecule has 0 saturated heterocycles. The molecule has 0 aliphatic rings. The molecular weight excluding hydrogens is 252 g/mol. The summed E-state index contributed by atoms with van der Waals surface area (Å²) in [6.07, 6.45) is 3.11. The quantitative estimate of drug-likeness (QED) is 0.285. The Bertz CT molecular complexity index is 369. The number of carbonyl (C=O) groups is 3. The molecule has 0 fully saturated rings. The number of rotatable bonds is 8. The van der Waals surface area contributed by atoms with Crippen molar-refractivity contribution >= 4 is 17.9 Å². The summed E-state index contributed by atoms with van der Waals surface area (Å²) in [6, 6.07) is 0. The SMILES string of the molecule is C=C(C)C(=O)OCCCCOC(=O)/C=C/C(=O)OC. The van der Waals surface area contributed by atoms with Crippen molar-refractivity contribution < 1.29 is 28.6 Å². The van der Waals surface area contributed by atoms with Crippen molar-refractivity contribution in [1.82, 2.24) is 0 Å². The second-order valence-corrected chi connectivity index (χ2v) is 3.65. The van der Waals surface area contributed by atoms with Crippen LogP contribution in [0.2, 0.25) is 0 Å². The third-order valence-corrected chi connectivity index (χ3v) is 1.92. The molecule has 0 saturated carbocycles. The molecular formula is C13H18O6. The minimum atomic E-state index is -0.622. The van der Waals surface area contributed by atoms with E-state index >= 15 is 0 Å². The van der Waals surface area contributed by atoms with E-state index in [2.05, 4.69) is 11.3 Å². The molecule has 6 nitrogen and oxygen atoms in total. The predicted octanol–water partition coefficient (Wildman–Crippen LogP) is 1.16. The normalized spacial score (nSPS) is 10.0. The molecule has 0 amide bonds. The molecule has 19 heavy (non-hydrogen) atoms. The molecule has 0 N–H and O–H groups in total. The van der Waals surface area contributed by atoms with Gasteiger partial charge < -0.3 is 14.2 Å². The Morgan fingerprint density at radius 3 is 2.05 bits per heavy atom. The molecule has 0 aromatic carbocycles. The molecule has 0 unspecified atom stereocenters. The summed E-state index contributed by atoms with van der Waals surface area (Å²) in [6.45, 7) is 5.45. The van der Waals surface area contributed by atoms with Crippen LogP contribution in [0.15, 0.2) is 24.3 Å². The number of unbranched alkanes of at least 4 members (excludes halogenated alkanes) is 1. The maximum absolute atomic E-state index is 11.1. The average Bonchev–Trinajstić information content (AvgIpc) is 2.39. The van der Waals surface area contributed by atoms with E-state index in [0.717, 1.165) is 12.2 Å². The van der Waals surface area contributed by atoms with Crippen LogP contribution in [-0.4, -0.2) is 38.2 Å². The van der Waals surface area contributed by atoms with Crippen LogP contribution in [0.3, 0.4) is 0 Å². The Hall–Kier alpha value is -2.11. The second kappa shape index (κ2) is 9.87. The zero-order chi connectivity index (χ0) is 14.7. The summed E-state index contributed by atoms with van der Waals surface area (Å²) in [7, 11) is 1.21. The lowest BCUT2D eigenvalue weighted by Crippen LogP contribution is -2.08. The number of methoxy groups -OCH3 is 1. The van der Waals surface area contributed by atoms with E-state index in [0.29, 0.717) is 18.4 Å². The molecule has 0 heterocycles. The van der Waals surface area contributed by atoms with Gasteiger partial charge in [0.2, 0.25) is 0 Å². The Balaban J connectivity index is 3.57. The van der Waals surface area contributed by atoms with Crippen molar-refractivity contribution in [3.05, 3.63) is 24.3 Å². The number of hydrogen-bond donors (Lipinski definition) is 0. The van der Waals surface area contributed by atoms with E-state index in [-0.39, 0.29) is 13.2 Å². The van der Waals surface area contributed by atoms with Crippen LogP contribution in [0, 0.1) is 0 Å². The molecule has 0 atom stereocenters. The van der Waals surface area contributed by atoms with E-state index in [1.807, 2.05) is 0 Å². The van der Waals surface area contributed by atoms with Crippen LogP contribution in [0.5, 0.6) is 0 Å². The lowest BCUT2D eigenvalue weighted by Gasteiger charge is -2.04. The van der Waals surface area contributed by atoms with Crippen molar-refractivity contribution in [1.29, 1.82) is 0 Å². The van der Waals surface area contributed by atoms with E-state index in [1.54, 1.807) is 6.92 Å². The van der Waals surface area contributed by atoms with Gasteiger partial charge in [0.25, 0.3) is 0 Å². The third-order valence-electron chi connectivity index (χ3n) is 1.92. The van der Waals surface area contributed by atoms with Crippen LogP contribution in [0.4, 0.5) is 0 Å². The van der Waals surface area contributed by atoms with Crippen molar-refractivity contribution in [3.63, 3.8) is 0 Å². The molecule has 6 heteroatoms. The Kier molecular flexibility index (Phi) is 8.78. The van der Waals surface area contributed by atoms with Gasteiger partial charge in [0.15, 0.2) is 0 Å². The smallest absolute Gasteiger partial charge is 0.333 e. The second-order valence-electron chi connectivity index (χ2n) is 3.65. The lowest BCUT2D eigenvalue weighted by atomic mass is 10.3. The molecule has 0 radical (unpaired) electrons. The van der Waals surface area contributed by atoms with Gasteiger partial charge in [0, 0.05) is 17.7 Å². The standard InChI is InChI=1S/C13H18O6/c1-10(2)13(16)19-9-5-4-8-18-12(15)7-6-11(14)17-3/h6-7H,1,4-5,8-9H2,2-3H3/b7-6+. The lowest BCUT2D eigenvalue weighted by molar-refractivity contribution is -0.141. The topological polar surface area (TPSA) is 78.9 Å². The fourth-order valence-electron chi connectivity index (χ4n) is 0.917. The highest BCUT2D eigenvalue weighted by Gasteiger charge is 2.03. The summed E-state index contributed by atoms with van der Waals surface area (Å²) < 4.78 is 14.0. The van der Waals surface area contributed by atoms with Gasteiger partial charge in [0.05, 0.1) is 20.3 Å². The van der Waals surface area contributed by atoms with Gasteiger partial charge in [-0.15, -0.1) is 0 Å². The Morgan fingerprint density at radius 1 is 1.00 bits per heavy atom. The summed E-state index contributed by atoms with van der Waals surface area (Å²) in [5, 5.41) is 0. The Morgan fingerprint density at radius 2 is 1.53 bits per heavy atom. The number of hydrogen-bond acceptors (Lipinski definition) is 6. The summed E-state index contributed by atoms with van der Waals surface area (Å²) in [5.41, 5.74) is 0.347. The summed E-state index contributed by atoms with van der Waals surface area (Å²) in [4.78, 5) is 32.8. The van der Waals surface area contributed by atoms with Gasteiger partial charge in [0.1, 0.15) is 0 Å². The zero-order valence-electron chi connectivity index (χ0n) is 11.1. The van der Waals surface area contributed by atoms with Crippen molar-refractivity contribution in [2.45, 2.75) is 19.8 Å². The molecule has 0 rings (SSSR count). The van der Waals surface area contributed by atoms with Gasteiger partial charge in [-0.2, -0.15) is 0 Å². The first kappa shape index (κ1) is 16.9. The van der Waals surface area contributed by atoms with Gasteiger partial charge in [-0.3, -0.25) is 0 Å². The first-order valence-electron chi connectivity index (χ1n) is 5.72. The van der Waals surface area contributed by atoms with Crippen molar-refractivity contribution in [2.24, 2.45) is 0 Å². The minimum absolute atomic E-state index is 0.189. The van der Waals surface area contributed by atoms with Gasteiger partial charge in [-0.25, -0.2) is 14.4 Å². The van der Waals surface area contributed by atoms with Crippen LogP contribution in [0.25, 0.3) is 0 Å². The first-order chi connectivity index (χ1) is 8.97. The fraction of sp³-hybridized carbons (Fsp3) is 0.462. The van der Waals surface area contributed by atoms with Crippen LogP contribution < -0.4 is 0 Å². The fourth-order valence-corrected chi connectivity index (χ4v) is 0.917. The van der Waals surface area contributed by atoms with E-state index < -0.39 is 17.9 Å².